The van der Waals surface area contributed by atoms with Crippen LogP contribution in [0.4, 0.5) is 10.1 Å². The quantitative estimate of drug-likeness (QED) is 0.689. The van der Waals surface area contributed by atoms with E-state index in [9.17, 15) is 17.6 Å². The lowest BCUT2D eigenvalue weighted by Crippen LogP contribution is -2.55. The van der Waals surface area contributed by atoms with Gasteiger partial charge in [-0.3, -0.25) is 4.79 Å². The summed E-state index contributed by atoms with van der Waals surface area (Å²) in [5.74, 6) is -0.775. The number of ether oxygens (including phenoxy) is 1. The Hall–Kier alpha value is -1.71. The highest BCUT2D eigenvalue weighted by molar-refractivity contribution is 7.88. The van der Waals surface area contributed by atoms with E-state index in [0.717, 1.165) is 6.26 Å². The van der Waals surface area contributed by atoms with Gasteiger partial charge in [0.15, 0.2) is 0 Å². The van der Waals surface area contributed by atoms with Gasteiger partial charge in [0.05, 0.1) is 12.9 Å². The Kier molecular flexibility index (Phi) is 5.79. The van der Waals surface area contributed by atoms with Gasteiger partial charge in [0, 0.05) is 32.4 Å². The number of halogens is 1. The normalized spacial score (nSPS) is 21.6. The Morgan fingerprint density at radius 3 is 2.79 bits per heavy atom. The van der Waals surface area contributed by atoms with Crippen LogP contribution < -0.4 is 10.6 Å². The molecule has 1 aromatic carbocycles. The molecule has 0 saturated carbocycles. The fraction of sp³-hybridized carbons (Fsp3) is 0.533. The van der Waals surface area contributed by atoms with Crippen molar-refractivity contribution in [3.63, 3.8) is 0 Å². The number of hydrogen-bond acceptors (Lipinski definition) is 5. The summed E-state index contributed by atoms with van der Waals surface area (Å²) in [4.78, 5) is 12.7. The van der Waals surface area contributed by atoms with Crippen molar-refractivity contribution < 1.29 is 22.3 Å². The summed E-state index contributed by atoms with van der Waals surface area (Å²) < 4.78 is 43.2. The third-order valence-electron chi connectivity index (χ3n) is 3.94. The average Bonchev–Trinajstić information content (AvgIpc) is 2.93. The van der Waals surface area contributed by atoms with E-state index < -0.39 is 21.4 Å². The number of nitrogens with one attached hydrogen (secondary N) is 2. The van der Waals surface area contributed by atoms with Crippen LogP contribution in [-0.4, -0.2) is 63.8 Å². The first kappa shape index (κ1) is 18.6. The van der Waals surface area contributed by atoms with Crippen LogP contribution in [0.25, 0.3) is 0 Å². The molecule has 0 spiro atoms. The van der Waals surface area contributed by atoms with E-state index in [-0.39, 0.29) is 25.4 Å². The molecule has 1 aliphatic rings. The maximum Gasteiger partial charge on any atom is 0.247 e. The summed E-state index contributed by atoms with van der Waals surface area (Å²) in [6, 6.07) is 5.73. The van der Waals surface area contributed by atoms with Gasteiger partial charge in [0.25, 0.3) is 0 Å². The molecule has 134 valence electrons. The zero-order valence-electron chi connectivity index (χ0n) is 13.7. The summed E-state index contributed by atoms with van der Waals surface area (Å²) in [6.07, 6.45) is 1.39. The zero-order valence-corrected chi connectivity index (χ0v) is 14.5. The molecule has 1 atom stereocenters. The molecule has 0 aliphatic carbocycles. The van der Waals surface area contributed by atoms with Crippen LogP contribution in [0.15, 0.2) is 24.3 Å². The van der Waals surface area contributed by atoms with Crippen molar-refractivity contribution in [2.24, 2.45) is 0 Å². The minimum Gasteiger partial charge on any atom is -0.383 e. The summed E-state index contributed by atoms with van der Waals surface area (Å²) in [5, 5.41) is 5.76. The number of sulfonamides is 1. The van der Waals surface area contributed by atoms with E-state index in [2.05, 4.69) is 10.6 Å². The van der Waals surface area contributed by atoms with Crippen molar-refractivity contribution in [1.29, 1.82) is 0 Å². The van der Waals surface area contributed by atoms with Crippen LogP contribution in [0.2, 0.25) is 0 Å². The van der Waals surface area contributed by atoms with E-state index in [1.807, 2.05) is 0 Å². The molecule has 1 aromatic rings. The molecule has 0 aromatic heterocycles. The molecular weight excluding hydrogens is 337 g/mol. The van der Waals surface area contributed by atoms with Gasteiger partial charge < -0.3 is 15.4 Å². The predicted molar refractivity (Wildman–Crippen MR) is 88.7 cm³/mol. The monoisotopic (exact) mass is 359 g/mol. The van der Waals surface area contributed by atoms with Crippen LogP contribution in [0.5, 0.6) is 0 Å². The molecule has 1 saturated heterocycles. The highest BCUT2D eigenvalue weighted by atomic mass is 32.2. The van der Waals surface area contributed by atoms with Crippen molar-refractivity contribution >= 4 is 21.6 Å². The zero-order chi connectivity index (χ0) is 17.8. The number of anilines is 1. The van der Waals surface area contributed by atoms with Gasteiger partial charge in [0.1, 0.15) is 11.4 Å². The average molecular weight is 359 g/mol. The third-order valence-corrected chi connectivity index (χ3v) is 5.19. The lowest BCUT2D eigenvalue weighted by Gasteiger charge is -2.30. The predicted octanol–water partition coefficient (Wildman–Crippen LogP) is 0.404. The Morgan fingerprint density at radius 2 is 2.21 bits per heavy atom. The van der Waals surface area contributed by atoms with E-state index >= 15 is 0 Å². The van der Waals surface area contributed by atoms with Gasteiger partial charge in [0.2, 0.25) is 15.9 Å². The van der Waals surface area contributed by atoms with Crippen molar-refractivity contribution in [3.8, 4) is 0 Å². The van der Waals surface area contributed by atoms with Crippen LogP contribution in [-0.2, 0) is 19.6 Å². The number of methoxy groups -OCH3 is 1. The fourth-order valence-electron chi connectivity index (χ4n) is 2.68. The van der Waals surface area contributed by atoms with Gasteiger partial charge in [-0.25, -0.2) is 12.8 Å². The van der Waals surface area contributed by atoms with E-state index in [4.69, 9.17) is 4.74 Å². The smallest absolute Gasteiger partial charge is 0.247 e. The van der Waals surface area contributed by atoms with Gasteiger partial charge in [-0.05, 0) is 24.6 Å². The molecule has 9 heteroatoms. The molecule has 1 aliphatic heterocycles. The molecule has 1 heterocycles. The Balaban J connectivity index is 2.23. The number of benzene rings is 1. The molecule has 7 nitrogen and oxygen atoms in total. The Labute approximate surface area is 141 Å². The maximum absolute atomic E-state index is 13.4. The second-order valence-electron chi connectivity index (χ2n) is 5.81. The molecule has 1 amide bonds. The van der Waals surface area contributed by atoms with Crippen molar-refractivity contribution in [2.75, 3.05) is 44.9 Å². The van der Waals surface area contributed by atoms with Crippen LogP contribution >= 0.6 is 0 Å². The second-order valence-corrected chi connectivity index (χ2v) is 7.80. The first-order valence-electron chi connectivity index (χ1n) is 7.53. The molecule has 0 radical (unpaired) electrons. The largest absolute Gasteiger partial charge is 0.383 e. The van der Waals surface area contributed by atoms with Crippen LogP contribution in [0.1, 0.15) is 6.42 Å². The SMILES string of the molecule is COCCNC(=O)C1(Nc2cccc(F)c2)CCN(S(C)(=O)=O)C1. The highest BCUT2D eigenvalue weighted by Crippen LogP contribution is 2.28. The number of hydrogen-bond donors (Lipinski definition) is 2. The van der Waals surface area contributed by atoms with Crippen molar-refractivity contribution in [2.45, 2.75) is 12.0 Å². The number of amides is 1. The standard InChI is InChI=1S/C15H22FN3O4S/c1-23-9-7-17-14(20)15(6-8-19(11-15)24(2,21)22)18-13-5-3-4-12(16)10-13/h3-5,10,18H,6-9,11H2,1-2H3,(H,17,20). The molecule has 2 rings (SSSR count). The highest BCUT2D eigenvalue weighted by Gasteiger charge is 2.47. The minimum atomic E-state index is -3.42. The van der Waals surface area contributed by atoms with Gasteiger partial charge in [-0.2, -0.15) is 4.31 Å². The molecule has 0 bridgehead atoms. The maximum atomic E-state index is 13.4. The number of carbonyl (C=O) groups is 1. The third kappa shape index (κ3) is 4.43. The first-order chi connectivity index (χ1) is 11.3. The number of rotatable bonds is 7. The van der Waals surface area contributed by atoms with Gasteiger partial charge in [-0.1, -0.05) is 6.07 Å². The van der Waals surface area contributed by atoms with E-state index in [0.29, 0.717) is 18.8 Å². The summed E-state index contributed by atoms with van der Waals surface area (Å²) in [6.45, 7) is 0.859. The summed E-state index contributed by atoms with van der Waals surface area (Å²) in [5.41, 5.74) is -0.725. The minimum absolute atomic E-state index is 0.0127. The van der Waals surface area contributed by atoms with Crippen LogP contribution in [0, 0.1) is 5.82 Å². The molecule has 2 N–H and O–H groups in total. The lowest BCUT2D eigenvalue weighted by molar-refractivity contribution is -0.125. The fourth-order valence-corrected chi connectivity index (χ4v) is 3.56. The van der Waals surface area contributed by atoms with Crippen LogP contribution in [0.3, 0.4) is 0 Å². The van der Waals surface area contributed by atoms with Crippen molar-refractivity contribution in [3.05, 3.63) is 30.1 Å². The topological polar surface area (TPSA) is 87.7 Å². The number of carbonyl (C=O) groups excluding carboxylic acids is 1. The molecule has 24 heavy (non-hydrogen) atoms. The van der Waals surface area contributed by atoms with Crippen molar-refractivity contribution in [1.82, 2.24) is 9.62 Å². The van der Waals surface area contributed by atoms with E-state index in [1.54, 1.807) is 6.07 Å². The second kappa shape index (κ2) is 7.45. The van der Waals surface area contributed by atoms with Gasteiger partial charge in [-0.15, -0.1) is 0 Å². The lowest BCUT2D eigenvalue weighted by atomic mass is 9.96. The summed E-state index contributed by atoms with van der Waals surface area (Å²) in [7, 11) is -1.90. The Bertz CT molecular complexity index is 698. The molecule has 1 unspecified atom stereocenters. The first-order valence-corrected chi connectivity index (χ1v) is 9.38. The molecule has 1 fully saturated rings. The van der Waals surface area contributed by atoms with E-state index in [1.165, 1.54) is 29.6 Å². The molecular formula is C15H22FN3O4S. The number of nitrogens with zero attached hydrogens (tertiary/aromatic N) is 1. The Morgan fingerprint density at radius 1 is 1.46 bits per heavy atom. The summed E-state index contributed by atoms with van der Waals surface area (Å²) >= 11 is 0. The van der Waals surface area contributed by atoms with Gasteiger partial charge >= 0.3 is 0 Å².